The van der Waals surface area contributed by atoms with Crippen LogP contribution in [0.15, 0.2) is 18.2 Å². The van der Waals surface area contributed by atoms with Crippen molar-refractivity contribution in [2.45, 2.75) is 38.1 Å². The lowest BCUT2D eigenvalue weighted by molar-refractivity contribution is -0.124. The first-order chi connectivity index (χ1) is 10.2. The molecule has 1 aliphatic rings. The van der Waals surface area contributed by atoms with Crippen LogP contribution in [0.5, 0.6) is 11.5 Å². The summed E-state index contributed by atoms with van der Waals surface area (Å²) in [4.78, 5) is 22.9. The minimum absolute atomic E-state index is 0.113. The van der Waals surface area contributed by atoms with E-state index in [9.17, 15) is 9.59 Å². The van der Waals surface area contributed by atoms with Gasteiger partial charge in [0.05, 0.1) is 12.7 Å². The van der Waals surface area contributed by atoms with Crippen LogP contribution < -0.4 is 14.8 Å². The zero-order chi connectivity index (χ0) is 15.1. The fourth-order valence-corrected chi connectivity index (χ4v) is 2.59. The van der Waals surface area contributed by atoms with E-state index >= 15 is 0 Å². The molecule has 0 spiro atoms. The number of aldehydes is 1. The Morgan fingerprint density at radius 2 is 2.10 bits per heavy atom. The quantitative estimate of drug-likeness (QED) is 0.817. The van der Waals surface area contributed by atoms with Gasteiger partial charge in [0.25, 0.3) is 5.91 Å². The molecule has 2 rings (SSSR count). The van der Waals surface area contributed by atoms with E-state index in [0.717, 1.165) is 25.7 Å². The van der Waals surface area contributed by atoms with Crippen LogP contribution in [-0.4, -0.2) is 32.0 Å². The highest BCUT2D eigenvalue weighted by atomic mass is 16.5. The average Bonchev–Trinajstić information content (AvgIpc) is 2.53. The highest BCUT2D eigenvalue weighted by molar-refractivity contribution is 5.82. The van der Waals surface area contributed by atoms with Crippen molar-refractivity contribution >= 4 is 12.2 Å². The normalized spacial score (nSPS) is 15.3. The Morgan fingerprint density at radius 1 is 1.33 bits per heavy atom. The summed E-state index contributed by atoms with van der Waals surface area (Å²) in [5, 5.41) is 2.97. The second-order valence-corrected chi connectivity index (χ2v) is 5.19. The fourth-order valence-electron chi connectivity index (χ4n) is 2.59. The molecule has 0 aromatic heterocycles. The summed E-state index contributed by atoms with van der Waals surface area (Å²) in [5.41, 5.74) is 0.375. The van der Waals surface area contributed by atoms with E-state index in [2.05, 4.69) is 5.32 Å². The maximum Gasteiger partial charge on any atom is 0.258 e. The SMILES string of the molecule is COc1cccc(C=O)c1OCC(=O)NC1CCCCC1. The van der Waals surface area contributed by atoms with Crippen LogP contribution in [0.2, 0.25) is 0 Å². The van der Waals surface area contributed by atoms with Crippen LogP contribution in [0.3, 0.4) is 0 Å². The summed E-state index contributed by atoms with van der Waals surface area (Å²) in [7, 11) is 1.50. The Bertz CT molecular complexity index is 495. The van der Waals surface area contributed by atoms with E-state index in [4.69, 9.17) is 9.47 Å². The summed E-state index contributed by atoms with van der Waals surface area (Å²) in [5.74, 6) is 0.600. The van der Waals surface area contributed by atoms with Gasteiger partial charge in [-0.15, -0.1) is 0 Å². The number of amides is 1. The highest BCUT2D eigenvalue weighted by Gasteiger charge is 2.17. The van der Waals surface area contributed by atoms with Gasteiger partial charge in [0.15, 0.2) is 24.4 Å². The molecule has 5 nitrogen and oxygen atoms in total. The molecule has 0 radical (unpaired) electrons. The third-order valence-electron chi connectivity index (χ3n) is 3.67. The van der Waals surface area contributed by atoms with Gasteiger partial charge >= 0.3 is 0 Å². The van der Waals surface area contributed by atoms with E-state index < -0.39 is 0 Å². The molecule has 1 amide bonds. The number of ether oxygens (including phenoxy) is 2. The molecule has 0 aliphatic heterocycles. The van der Waals surface area contributed by atoms with Crippen LogP contribution in [-0.2, 0) is 4.79 Å². The predicted molar refractivity (Wildman–Crippen MR) is 78.9 cm³/mol. The molecule has 0 bridgehead atoms. The van der Waals surface area contributed by atoms with Crippen molar-refractivity contribution < 1.29 is 19.1 Å². The molecular formula is C16H21NO4. The van der Waals surface area contributed by atoms with Crippen molar-refractivity contribution in [3.63, 3.8) is 0 Å². The molecule has 1 aliphatic carbocycles. The smallest absolute Gasteiger partial charge is 0.258 e. The Hall–Kier alpha value is -2.04. The average molecular weight is 291 g/mol. The van der Waals surface area contributed by atoms with Gasteiger partial charge in [-0.2, -0.15) is 0 Å². The zero-order valence-corrected chi connectivity index (χ0v) is 12.3. The number of carbonyl (C=O) groups is 2. The molecule has 1 saturated carbocycles. The topological polar surface area (TPSA) is 64.6 Å². The number of hydrogen-bond acceptors (Lipinski definition) is 4. The van der Waals surface area contributed by atoms with Crippen molar-refractivity contribution in [2.75, 3.05) is 13.7 Å². The second-order valence-electron chi connectivity index (χ2n) is 5.19. The molecule has 1 aromatic rings. The molecule has 1 aromatic carbocycles. The number of carbonyl (C=O) groups excluding carboxylic acids is 2. The van der Waals surface area contributed by atoms with Gasteiger partial charge in [-0.3, -0.25) is 9.59 Å². The minimum Gasteiger partial charge on any atom is -0.493 e. The summed E-state index contributed by atoms with van der Waals surface area (Å²) < 4.78 is 10.6. The van der Waals surface area contributed by atoms with Gasteiger partial charge in [-0.1, -0.05) is 25.3 Å². The predicted octanol–water partition coefficient (Wildman–Crippen LogP) is 2.34. The Labute approximate surface area is 124 Å². The molecule has 0 saturated heterocycles. The van der Waals surface area contributed by atoms with Gasteiger partial charge in [0.2, 0.25) is 0 Å². The monoisotopic (exact) mass is 291 g/mol. The maximum absolute atomic E-state index is 11.9. The van der Waals surface area contributed by atoms with Crippen LogP contribution in [0, 0.1) is 0 Å². The number of methoxy groups -OCH3 is 1. The van der Waals surface area contributed by atoms with Gasteiger partial charge in [0.1, 0.15) is 0 Å². The van der Waals surface area contributed by atoms with E-state index in [1.807, 2.05) is 0 Å². The molecule has 1 fully saturated rings. The number of rotatable bonds is 6. The largest absolute Gasteiger partial charge is 0.493 e. The Balaban J connectivity index is 1.92. The summed E-state index contributed by atoms with van der Waals surface area (Å²) >= 11 is 0. The van der Waals surface area contributed by atoms with Crippen LogP contribution in [0.1, 0.15) is 42.5 Å². The second kappa shape index (κ2) is 7.67. The van der Waals surface area contributed by atoms with Crippen molar-refractivity contribution in [2.24, 2.45) is 0 Å². The van der Waals surface area contributed by atoms with Crippen molar-refractivity contribution in [1.29, 1.82) is 0 Å². The molecule has 0 unspecified atom stereocenters. The molecular weight excluding hydrogens is 270 g/mol. The number of benzene rings is 1. The molecule has 1 N–H and O–H groups in total. The first kappa shape index (κ1) is 15.4. The highest BCUT2D eigenvalue weighted by Crippen LogP contribution is 2.29. The Kier molecular flexibility index (Phi) is 5.60. The molecule has 0 heterocycles. The summed E-state index contributed by atoms with van der Waals surface area (Å²) in [6.45, 7) is -0.113. The lowest BCUT2D eigenvalue weighted by Crippen LogP contribution is -2.39. The van der Waals surface area contributed by atoms with Gasteiger partial charge in [-0.25, -0.2) is 0 Å². The van der Waals surface area contributed by atoms with Gasteiger partial charge < -0.3 is 14.8 Å². The molecule has 5 heteroatoms. The molecule has 0 atom stereocenters. The van der Waals surface area contributed by atoms with E-state index in [1.54, 1.807) is 18.2 Å². The van der Waals surface area contributed by atoms with Gasteiger partial charge in [0, 0.05) is 6.04 Å². The fraction of sp³-hybridized carbons (Fsp3) is 0.500. The van der Waals surface area contributed by atoms with E-state index in [1.165, 1.54) is 13.5 Å². The van der Waals surface area contributed by atoms with Crippen molar-refractivity contribution in [3.05, 3.63) is 23.8 Å². The lowest BCUT2D eigenvalue weighted by Gasteiger charge is -2.22. The number of para-hydroxylation sites is 1. The minimum atomic E-state index is -0.162. The summed E-state index contributed by atoms with van der Waals surface area (Å²) in [6, 6.07) is 5.28. The van der Waals surface area contributed by atoms with Crippen LogP contribution >= 0.6 is 0 Å². The zero-order valence-electron chi connectivity index (χ0n) is 12.3. The standard InChI is InChI=1S/C16H21NO4/c1-20-14-9-5-6-12(10-18)16(14)21-11-15(19)17-13-7-3-2-4-8-13/h5-6,9-10,13H,2-4,7-8,11H2,1H3,(H,17,19). The first-order valence-corrected chi connectivity index (χ1v) is 7.29. The van der Waals surface area contributed by atoms with Crippen molar-refractivity contribution in [3.8, 4) is 11.5 Å². The third kappa shape index (κ3) is 4.21. The van der Waals surface area contributed by atoms with Crippen LogP contribution in [0.4, 0.5) is 0 Å². The van der Waals surface area contributed by atoms with Crippen molar-refractivity contribution in [1.82, 2.24) is 5.32 Å². The molecule has 114 valence electrons. The van der Waals surface area contributed by atoms with E-state index in [-0.39, 0.29) is 18.6 Å². The summed E-state index contributed by atoms with van der Waals surface area (Å²) in [6.07, 6.45) is 6.31. The number of nitrogens with one attached hydrogen (secondary N) is 1. The lowest BCUT2D eigenvalue weighted by atomic mass is 9.95. The van der Waals surface area contributed by atoms with Crippen LogP contribution in [0.25, 0.3) is 0 Å². The first-order valence-electron chi connectivity index (χ1n) is 7.29. The van der Waals surface area contributed by atoms with E-state index in [0.29, 0.717) is 23.3 Å². The maximum atomic E-state index is 11.9. The number of hydrogen-bond donors (Lipinski definition) is 1. The molecule has 21 heavy (non-hydrogen) atoms. The third-order valence-corrected chi connectivity index (χ3v) is 3.67. The van der Waals surface area contributed by atoms with Gasteiger partial charge in [-0.05, 0) is 25.0 Å². The Morgan fingerprint density at radius 3 is 2.76 bits per heavy atom.